The summed E-state index contributed by atoms with van der Waals surface area (Å²) in [6.45, 7) is 3.68. The molecule has 2 aromatic carbocycles. The van der Waals surface area contributed by atoms with E-state index in [4.69, 9.17) is 18.0 Å². The molecule has 1 saturated heterocycles. The van der Waals surface area contributed by atoms with Crippen molar-refractivity contribution in [1.29, 1.82) is 0 Å². The molecule has 0 saturated carbocycles. The summed E-state index contributed by atoms with van der Waals surface area (Å²) in [4.78, 5) is 21.3. The highest BCUT2D eigenvalue weighted by Crippen LogP contribution is 2.21. The van der Waals surface area contributed by atoms with Crippen LogP contribution in [0.5, 0.6) is 0 Å². The molecular formula is C24H25N5OS2. The van der Waals surface area contributed by atoms with Crippen LogP contribution in [0.2, 0.25) is 0 Å². The average molecular weight is 464 g/mol. The van der Waals surface area contributed by atoms with Crippen LogP contribution >= 0.6 is 24.0 Å². The largest absolute Gasteiger partial charge is 0.397 e. The lowest BCUT2D eigenvalue weighted by atomic mass is 10.1. The van der Waals surface area contributed by atoms with Gasteiger partial charge in [0, 0.05) is 43.7 Å². The predicted molar refractivity (Wildman–Crippen MR) is 137 cm³/mol. The van der Waals surface area contributed by atoms with Crippen molar-refractivity contribution < 1.29 is 4.79 Å². The lowest BCUT2D eigenvalue weighted by Crippen LogP contribution is -2.47. The van der Waals surface area contributed by atoms with Crippen LogP contribution in [0.4, 0.5) is 17.1 Å². The van der Waals surface area contributed by atoms with Crippen LogP contribution in [0.25, 0.3) is 0 Å². The van der Waals surface area contributed by atoms with Gasteiger partial charge in [-0.15, -0.1) is 0 Å². The fourth-order valence-corrected chi connectivity index (χ4v) is 4.69. The van der Waals surface area contributed by atoms with Crippen LogP contribution in [0.3, 0.4) is 0 Å². The Labute approximate surface area is 197 Å². The first-order valence-corrected chi connectivity index (χ1v) is 11.8. The highest BCUT2D eigenvalue weighted by atomic mass is 32.2. The maximum atomic E-state index is 12.5. The Morgan fingerprint density at radius 3 is 2.47 bits per heavy atom. The molecule has 8 heteroatoms. The zero-order valence-electron chi connectivity index (χ0n) is 17.6. The number of piperazine rings is 1. The molecule has 164 valence electrons. The number of nitrogens with two attached hydrogens (primary N) is 1. The number of hydrogen-bond donors (Lipinski definition) is 2. The zero-order chi connectivity index (χ0) is 22.3. The van der Waals surface area contributed by atoms with E-state index >= 15 is 0 Å². The predicted octanol–water partition coefficient (Wildman–Crippen LogP) is 4.26. The first-order valence-electron chi connectivity index (χ1n) is 10.4. The van der Waals surface area contributed by atoms with Gasteiger partial charge in [-0.3, -0.25) is 9.78 Å². The molecule has 6 nitrogen and oxygen atoms in total. The number of nitrogens with one attached hydrogen (secondary N) is 1. The summed E-state index contributed by atoms with van der Waals surface area (Å²) >= 11 is 7.32. The molecule has 3 N–H and O–H groups in total. The summed E-state index contributed by atoms with van der Waals surface area (Å²) in [5.74, 6) is 0.596. The van der Waals surface area contributed by atoms with Gasteiger partial charge < -0.3 is 20.9 Å². The van der Waals surface area contributed by atoms with Gasteiger partial charge >= 0.3 is 0 Å². The molecular weight excluding hydrogens is 438 g/mol. The number of para-hydroxylation sites is 2. The monoisotopic (exact) mass is 463 g/mol. The van der Waals surface area contributed by atoms with Gasteiger partial charge in [-0.05, 0) is 42.0 Å². The number of nitrogen functional groups attached to an aromatic ring is 1. The molecule has 1 aliphatic rings. The molecule has 32 heavy (non-hydrogen) atoms. The van der Waals surface area contributed by atoms with Crippen molar-refractivity contribution in [2.75, 3.05) is 42.1 Å². The van der Waals surface area contributed by atoms with E-state index in [2.05, 4.69) is 26.2 Å². The number of anilines is 3. The van der Waals surface area contributed by atoms with E-state index in [1.165, 1.54) is 0 Å². The molecule has 0 atom stereocenters. The van der Waals surface area contributed by atoms with E-state index in [-0.39, 0.29) is 5.91 Å². The molecule has 1 aromatic heterocycles. The number of benzene rings is 2. The summed E-state index contributed by atoms with van der Waals surface area (Å²) in [5.41, 5.74) is 9.94. The molecule has 1 amide bonds. The van der Waals surface area contributed by atoms with Crippen molar-refractivity contribution in [3.8, 4) is 0 Å². The summed E-state index contributed by atoms with van der Waals surface area (Å²) in [6.07, 6.45) is 3.70. The van der Waals surface area contributed by atoms with E-state index in [9.17, 15) is 4.79 Å². The number of hydrogen-bond acceptors (Lipinski definition) is 6. The van der Waals surface area contributed by atoms with Crippen LogP contribution in [0.15, 0.2) is 73.1 Å². The molecule has 0 aliphatic carbocycles. The second kappa shape index (κ2) is 10.5. The van der Waals surface area contributed by atoms with Gasteiger partial charge in [-0.25, -0.2) is 0 Å². The minimum atomic E-state index is -0.177. The van der Waals surface area contributed by atoms with Gasteiger partial charge in [0.1, 0.15) is 4.32 Å². The number of thiocarbonyl (C=S) groups is 1. The van der Waals surface area contributed by atoms with E-state index in [1.807, 2.05) is 48.7 Å². The second-order valence-electron chi connectivity index (χ2n) is 7.48. The number of aromatic nitrogens is 1. The van der Waals surface area contributed by atoms with E-state index < -0.39 is 0 Å². The van der Waals surface area contributed by atoms with Crippen LogP contribution < -0.4 is 16.0 Å². The summed E-state index contributed by atoms with van der Waals surface area (Å²) < 4.78 is 0.914. The number of rotatable bonds is 5. The Hall–Kier alpha value is -3.10. The number of amides is 1. The van der Waals surface area contributed by atoms with Crippen LogP contribution in [-0.4, -0.2) is 46.3 Å². The highest BCUT2D eigenvalue weighted by molar-refractivity contribution is 8.22. The summed E-state index contributed by atoms with van der Waals surface area (Å²) in [5, 5.41) is 2.85. The van der Waals surface area contributed by atoms with Crippen LogP contribution in [-0.2, 0) is 5.75 Å². The van der Waals surface area contributed by atoms with Gasteiger partial charge in [-0.1, -0.05) is 48.2 Å². The number of pyridine rings is 1. The van der Waals surface area contributed by atoms with Crippen molar-refractivity contribution in [1.82, 2.24) is 9.88 Å². The number of carbonyl (C=O) groups excluding carboxylic acids is 1. The molecule has 1 aliphatic heterocycles. The second-order valence-corrected chi connectivity index (χ2v) is 9.09. The molecule has 0 bridgehead atoms. The summed E-state index contributed by atoms with van der Waals surface area (Å²) in [7, 11) is 0. The third-order valence-corrected chi connectivity index (χ3v) is 6.93. The molecule has 1 fully saturated rings. The lowest BCUT2D eigenvalue weighted by molar-refractivity contribution is 0.102. The molecule has 3 aromatic rings. The molecule has 2 heterocycles. The molecule has 4 rings (SSSR count). The maximum absolute atomic E-state index is 12.5. The molecule has 0 radical (unpaired) electrons. The number of carbonyl (C=O) groups is 1. The normalized spacial score (nSPS) is 13.6. The van der Waals surface area contributed by atoms with Crippen molar-refractivity contribution in [2.24, 2.45) is 0 Å². The van der Waals surface area contributed by atoms with Gasteiger partial charge in [0.25, 0.3) is 5.91 Å². The van der Waals surface area contributed by atoms with Gasteiger partial charge in [-0.2, -0.15) is 0 Å². The number of nitrogens with zero attached hydrogens (tertiary/aromatic N) is 3. The first-order chi connectivity index (χ1) is 15.6. The quantitative estimate of drug-likeness (QED) is 0.433. The maximum Gasteiger partial charge on any atom is 0.255 e. The summed E-state index contributed by atoms with van der Waals surface area (Å²) in [6, 6.07) is 18.9. The zero-order valence-corrected chi connectivity index (χ0v) is 19.2. The SMILES string of the molecule is Nc1ccccc1NC(=O)c1ccc(CSC(=S)N2CCN(c3cccnc3)CC2)cc1. The Bertz CT molecular complexity index is 1070. The Morgan fingerprint density at radius 2 is 1.78 bits per heavy atom. The fourth-order valence-electron chi connectivity index (χ4n) is 3.48. The van der Waals surface area contributed by atoms with Crippen LogP contribution in [0, 0.1) is 0 Å². The third kappa shape index (κ3) is 5.57. The van der Waals surface area contributed by atoms with Gasteiger partial charge in [0.2, 0.25) is 0 Å². The first kappa shape index (κ1) is 22.1. The van der Waals surface area contributed by atoms with Crippen molar-refractivity contribution in [3.63, 3.8) is 0 Å². The smallest absolute Gasteiger partial charge is 0.255 e. The molecule has 0 unspecified atom stereocenters. The van der Waals surface area contributed by atoms with E-state index in [0.29, 0.717) is 16.9 Å². The minimum Gasteiger partial charge on any atom is -0.397 e. The van der Waals surface area contributed by atoms with Gasteiger partial charge in [0.15, 0.2) is 0 Å². The van der Waals surface area contributed by atoms with Gasteiger partial charge in [0.05, 0.1) is 23.3 Å². The minimum absolute atomic E-state index is 0.177. The van der Waals surface area contributed by atoms with Crippen molar-refractivity contribution in [3.05, 3.63) is 84.2 Å². The Kier molecular flexibility index (Phi) is 7.24. The third-order valence-electron chi connectivity index (χ3n) is 5.34. The Morgan fingerprint density at radius 1 is 1.03 bits per heavy atom. The van der Waals surface area contributed by atoms with Crippen molar-refractivity contribution >= 4 is 51.3 Å². The van der Waals surface area contributed by atoms with E-state index in [1.54, 1.807) is 30.1 Å². The van der Waals surface area contributed by atoms with Crippen LogP contribution in [0.1, 0.15) is 15.9 Å². The topological polar surface area (TPSA) is 74.5 Å². The van der Waals surface area contributed by atoms with Crippen molar-refractivity contribution in [2.45, 2.75) is 5.75 Å². The molecule has 0 spiro atoms. The lowest BCUT2D eigenvalue weighted by Gasteiger charge is -2.37. The fraction of sp³-hybridized carbons (Fsp3) is 0.208. The Balaban J connectivity index is 1.25. The standard InChI is InChI=1S/C24H25N5OS2/c25-21-5-1-2-6-22(21)27-23(30)19-9-7-18(8-10-19)17-32-24(31)29-14-12-28(13-15-29)20-4-3-11-26-16-20/h1-11,16H,12-15,17,25H2,(H,27,30). The number of thioether (sulfide) groups is 1. The highest BCUT2D eigenvalue weighted by Gasteiger charge is 2.19. The van der Waals surface area contributed by atoms with E-state index in [0.717, 1.165) is 47.5 Å². The average Bonchev–Trinajstić information content (AvgIpc) is 2.85.